The summed E-state index contributed by atoms with van der Waals surface area (Å²) in [5, 5.41) is 2.79. The normalized spacial score (nSPS) is 19.2. The molecule has 1 N–H and O–H groups in total. The fourth-order valence-electron chi connectivity index (χ4n) is 3.53. The first-order valence-corrected chi connectivity index (χ1v) is 8.90. The van der Waals surface area contributed by atoms with E-state index >= 15 is 0 Å². The van der Waals surface area contributed by atoms with E-state index < -0.39 is 0 Å². The van der Waals surface area contributed by atoms with Crippen LogP contribution in [0.3, 0.4) is 0 Å². The molecule has 0 unspecified atom stereocenters. The molecule has 2 amide bonds. The van der Waals surface area contributed by atoms with E-state index in [1.807, 2.05) is 29.2 Å². The molecule has 1 aliphatic carbocycles. The number of benzene rings is 2. The van der Waals surface area contributed by atoms with Crippen molar-refractivity contribution in [2.75, 3.05) is 13.1 Å². The zero-order valence-electron chi connectivity index (χ0n) is 14.2. The van der Waals surface area contributed by atoms with Crippen LogP contribution in [0.2, 0.25) is 0 Å². The number of amides is 2. The van der Waals surface area contributed by atoms with Crippen molar-refractivity contribution in [3.05, 3.63) is 71.3 Å². The molecule has 2 aromatic rings. The second-order valence-corrected chi connectivity index (χ2v) is 6.93. The lowest BCUT2D eigenvalue weighted by atomic mass is 9.84. The number of rotatable bonds is 4. The third kappa shape index (κ3) is 3.43. The van der Waals surface area contributed by atoms with Gasteiger partial charge in [0, 0.05) is 24.9 Å². The molecule has 0 radical (unpaired) electrons. The highest BCUT2D eigenvalue weighted by Gasteiger charge is 2.31. The lowest BCUT2D eigenvalue weighted by Crippen LogP contribution is -2.44. The first-order valence-electron chi connectivity index (χ1n) is 8.90. The highest BCUT2D eigenvalue weighted by Crippen LogP contribution is 2.33. The van der Waals surface area contributed by atoms with E-state index in [0.29, 0.717) is 13.1 Å². The van der Waals surface area contributed by atoms with Crippen molar-refractivity contribution in [1.29, 1.82) is 0 Å². The molecule has 2 aliphatic rings. The smallest absolute Gasteiger partial charge is 0.242 e. The summed E-state index contributed by atoms with van der Waals surface area (Å²) in [4.78, 5) is 26.3. The molecule has 25 heavy (non-hydrogen) atoms. The molecule has 128 valence electrons. The first kappa shape index (κ1) is 15.9. The van der Waals surface area contributed by atoms with Gasteiger partial charge in [-0.05, 0) is 29.5 Å². The van der Waals surface area contributed by atoms with E-state index in [2.05, 4.69) is 35.6 Å². The number of hydrogen-bond donors (Lipinski definition) is 1. The fraction of sp³-hybridized carbons (Fsp3) is 0.333. The van der Waals surface area contributed by atoms with Gasteiger partial charge in [0.1, 0.15) is 0 Å². The predicted octanol–water partition coefficient (Wildman–Crippen LogP) is 2.69. The number of nitrogens with zero attached hydrogens (tertiary/aromatic N) is 1. The predicted molar refractivity (Wildman–Crippen MR) is 95.9 cm³/mol. The second kappa shape index (κ2) is 6.71. The van der Waals surface area contributed by atoms with Crippen molar-refractivity contribution in [1.82, 2.24) is 10.2 Å². The van der Waals surface area contributed by atoms with Gasteiger partial charge in [0.25, 0.3) is 0 Å². The Balaban J connectivity index is 1.52. The van der Waals surface area contributed by atoms with Crippen LogP contribution in [0.1, 0.15) is 35.4 Å². The largest absolute Gasteiger partial charge is 0.347 e. The van der Waals surface area contributed by atoms with Crippen molar-refractivity contribution in [2.24, 2.45) is 5.92 Å². The van der Waals surface area contributed by atoms with Crippen LogP contribution in [0, 0.1) is 5.92 Å². The van der Waals surface area contributed by atoms with Crippen molar-refractivity contribution in [3.63, 3.8) is 0 Å². The second-order valence-electron chi connectivity index (χ2n) is 6.93. The standard InChI is InChI=1S/C21H22N2O2/c24-20(12-22-21(25)16-10-11-16)23-13-17-8-4-5-9-18(17)19(14-23)15-6-2-1-3-7-15/h1-9,16,19H,10-14H2,(H,22,25)/t19-/m1/s1. The molecule has 2 aromatic carbocycles. The molecule has 1 aliphatic heterocycles. The van der Waals surface area contributed by atoms with Gasteiger partial charge in [0.05, 0.1) is 6.54 Å². The summed E-state index contributed by atoms with van der Waals surface area (Å²) in [6.45, 7) is 1.36. The van der Waals surface area contributed by atoms with Gasteiger partial charge in [-0.1, -0.05) is 54.6 Å². The van der Waals surface area contributed by atoms with E-state index in [4.69, 9.17) is 0 Å². The minimum absolute atomic E-state index is 0.00978. The quantitative estimate of drug-likeness (QED) is 0.934. The molecular formula is C21H22N2O2. The maximum Gasteiger partial charge on any atom is 0.242 e. The molecule has 4 rings (SSSR count). The molecule has 4 heteroatoms. The van der Waals surface area contributed by atoms with Crippen molar-refractivity contribution in [2.45, 2.75) is 25.3 Å². The van der Waals surface area contributed by atoms with Crippen LogP contribution in [0.15, 0.2) is 54.6 Å². The van der Waals surface area contributed by atoms with E-state index in [0.717, 1.165) is 12.8 Å². The number of carbonyl (C=O) groups excluding carboxylic acids is 2. The van der Waals surface area contributed by atoms with Crippen LogP contribution in [-0.2, 0) is 16.1 Å². The fourth-order valence-corrected chi connectivity index (χ4v) is 3.53. The Hall–Kier alpha value is -2.62. The molecule has 1 atom stereocenters. The molecule has 0 spiro atoms. The number of hydrogen-bond acceptors (Lipinski definition) is 2. The molecule has 0 bridgehead atoms. The monoisotopic (exact) mass is 334 g/mol. The zero-order chi connectivity index (χ0) is 17.2. The van der Waals surface area contributed by atoms with Crippen LogP contribution in [-0.4, -0.2) is 29.8 Å². The van der Waals surface area contributed by atoms with E-state index in [9.17, 15) is 9.59 Å². The summed E-state index contributed by atoms with van der Waals surface area (Å²) in [6.07, 6.45) is 1.90. The average Bonchev–Trinajstić information content (AvgIpc) is 3.51. The van der Waals surface area contributed by atoms with Crippen LogP contribution in [0.5, 0.6) is 0 Å². The Morgan fingerprint density at radius 1 is 1.00 bits per heavy atom. The average molecular weight is 334 g/mol. The lowest BCUT2D eigenvalue weighted by molar-refractivity contribution is -0.134. The van der Waals surface area contributed by atoms with Gasteiger partial charge in [-0.2, -0.15) is 0 Å². The van der Waals surface area contributed by atoms with Crippen LogP contribution >= 0.6 is 0 Å². The minimum Gasteiger partial charge on any atom is -0.347 e. The van der Waals surface area contributed by atoms with Crippen molar-refractivity contribution >= 4 is 11.8 Å². The van der Waals surface area contributed by atoms with Gasteiger partial charge >= 0.3 is 0 Å². The Morgan fingerprint density at radius 3 is 2.48 bits per heavy atom. The van der Waals surface area contributed by atoms with E-state index in [1.54, 1.807) is 0 Å². The Labute approximate surface area is 147 Å². The SMILES string of the molecule is O=C(NCC(=O)N1Cc2ccccc2[C@@H](c2ccccc2)C1)C1CC1. The van der Waals surface area contributed by atoms with Gasteiger partial charge in [-0.3, -0.25) is 9.59 Å². The molecule has 0 saturated heterocycles. The van der Waals surface area contributed by atoms with Crippen LogP contribution < -0.4 is 5.32 Å². The molecule has 1 saturated carbocycles. The molecule has 1 heterocycles. The van der Waals surface area contributed by atoms with Crippen LogP contribution in [0.25, 0.3) is 0 Å². The Kier molecular flexibility index (Phi) is 4.26. The zero-order valence-corrected chi connectivity index (χ0v) is 14.2. The highest BCUT2D eigenvalue weighted by molar-refractivity contribution is 5.87. The van der Waals surface area contributed by atoms with Crippen molar-refractivity contribution in [3.8, 4) is 0 Å². The minimum atomic E-state index is -0.00978. The lowest BCUT2D eigenvalue weighted by Gasteiger charge is -2.35. The van der Waals surface area contributed by atoms with Gasteiger partial charge in [0.15, 0.2) is 0 Å². The summed E-state index contributed by atoms with van der Waals surface area (Å²) >= 11 is 0. The highest BCUT2D eigenvalue weighted by atomic mass is 16.2. The molecular weight excluding hydrogens is 312 g/mol. The summed E-state index contributed by atoms with van der Waals surface area (Å²) in [6, 6.07) is 18.6. The van der Waals surface area contributed by atoms with Gasteiger partial charge in [-0.15, -0.1) is 0 Å². The molecule has 1 fully saturated rings. The maximum atomic E-state index is 12.6. The van der Waals surface area contributed by atoms with Crippen molar-refractivity contribution < 1.29 is 9.59 Å². The first-order chi connectivity index (χ1) is 12.2. The van der Waals surface area contributed by atoms with Gasteiger partial charge in [0.2, 0.25) is 11.8 Å². The molecule has 4 nitrogen and oxygen atoms in total. The number of nitrogens with one attached hydrogen (secondary N) is 1. The topological polar surface area (TPSA) is 49.4 Å². The number of carbonyl (C=O) groups is 2. The Morgan fingerprint density at radius 2 is 1.72 bits per heavy atom. The molecule has 0 aromatic heterocycles. The van der Waals surface area contributed by atoms with Gasteiger partial charge in [-0.25, -0.2) is 0 Å². The Bertz CT molecular complexity index is 783. The summed E-state index contributed by atoms with van der Waals surface area (Å²) < 4.78 is 0. The third-order valence-electron chi connectivity index (χ3n) is 5.11. The van der Waals surface area contributed by atoms with E-state index in [-0.39, 0.29) is 30.2 Å². The van der Waals surface area contributed by atoms with Gasteiger partial charge < -0.3 is 10.2 Å². The summed E-state index contributed by atoms with van der Waals surface area (Å²) in [7, 11) is 0. The number of fused-ring (bicyclic) bond motifs is 1. The van der Waals surface area contributed by atoms with Crippen LogP contribution in [0.4, 0.5) is 0 Å². The maximum absolute atomic E-state index is 12.6. The van der Waals surface area contributed by atoms with E-state index in [1.165, 1.54) is 16.7 Å². The third-order valence-corrected chi connectivity index (χ3v) is 5.11. The summed E-state index contributed by atoms with van der Waals surface area (Å²) in [5.74, 6) is 0.316. The summed E-state index contributed by atoms with van der Waals surface area (Å²) in [5.41, 5.74) is 3.69.